The maximum Gasteiger partial charge on any atom is 0.328 e. The van der Waals surface area contributed by atoms with E-state index in [0.29, 0.717) is 12.1 Å². The lowest BCUT2D eigenvalue weighted by atomic mass is 10.1. The number of amides is 1. The Balaban J connectivity index is 2.66. The molecule has 1 amide bonds. The highest BCUT2D eigenvalue weighted by molar-refractivity contribution is 5.96. The lowest BCUT2D eigenvalue weighted by Gasteiger charge is -2.12. The fraction of sp³-hybridized carbons (Fsp3) is 0.333. The summed E-state index contributed by atoms with van der Waals surface area (Å²) < 4.78 is 4.82. The van der Waals surface area contributed by atoms with Crippen molar-refractivity contribution in [3.63, 3.8) is 0 Å². The van der Waals surface area contributed by atoms with Crippen molar-refractivity contribution in [2.24, 2.45) is 5.73 Å². The quantitative estimate of drug-likeness (QED) is 0.625. The third-order valence-corrected chi connectivity index (χ3v) is 2.47. The summed E-state index contributed by atoms with van der Waals surface area (Å²) in [6.45, 7) is 3.87. The number of hydrogen-bond donors (Lipinski definition) is 2. The Kier molecular flexibility index (Phi) is 6.27. The van der Waals surface area contributed by atoms with E-state index in [0.717, 1.165) is 5.56 Å². The van der Waals surface area contributed by atoms with E-state index in [9.17, 15) is 9.59 Å². The van der Waals surface area contributed by atoms with Gasteiger partial charge in [0.05, 0.1) is 13.2 Å². The molecular weight excluding hydrogens is 256 g/mol. The van der Waals surface area contributed by atoms with Crippen LogP contribution in [0.15, 0.2) is 24.3 Å². The molecule has 0 fully saturated rings. The first-order valence-electron chi connectivity index (χ1n) is 6.35. The van der Waals surface area contributed by atoms with Crippen molar-refractivity contribution >= 4 is 11.9 Å². The molecule has 1 atom stereocenters. The van der Waals surface area contributed by atoms with Gasteiger partial charge >= 0.3 is 5.97 Å². The van der Waals surface area contributed by atoms with E-state index < -0.39 is 12.0 Å². The van der Waals surface area contributed by atoms with Crippen molar-refractivity contribution in [1.82, 2.24) is 5.32 Å². The fourth-order valence-electron chi connectivity index (χ4n) is 1.46. The second-order valence-electron chi connectivity index (χ2n) is 4.03. The maximum absolute atomic E-state index is 11.9. The number of nitrogens with two attached hydrogens (primary N) is 1. The van der Waals surface area contributed by atoms with Crippen molar-refractivity contribution < 1.29 is 14.3 Å². The Hall–Kier alpha value is -2.32. The van der Waals surface area contributed by atoms with Crippen molar-refractivity contribution in [1.29, 1.82) is 0 Å². The molecule has 5 heteroatoms. The lowest BCUT2D eigenvalue weighted by molar-refractivity contribution is -0.144. The molecule has 1 rings (SSSR count). The van der Waals surface area contributed by atoms with Gasteiger partial charge in [-0.3, -0.25) is 4.79 Å². The highest BCUT2D eigenvalue weighted by atomic mass is 16.5. The molecule has 0 bridgehead atoms. The van der Waals surface area contributed by atoms with Crippen molar-refractivity contribution in [3.8, 4) is 11.8 Å². The van der Waals surface area contributed by atoms with E-state index in [-0.39, 0.29) is 12.5 Å². The summed E-state index contributed by atoms with van der Waals surface area (Å²) in [6, 6.07) is 6.07. The summed E-state index contributed by atoms with van der Waals surface area (Å²) in [5, 5.41) is 2.57. The zero-order valence-electron chi connectivity index (χ0n) is 11.6. The molecule has 0 aliphatic carbocycles. The first-order chi connectivity index (χ1) is 9.58. The Bertz CT molecular complexity index is 526. The third kappa shape index (κ3) is 4.75. The van der Waals surface area contributed by atoms with Gasteiger partial charge in [-0.1, -0.05) is 11.8 Å². The Labute approximate surface area is 118 Å². The highest BCUT2D eigenvalue weighted by Crippen LogP contribution is 2.04. The zero-order chi connectivity index (χ0) is 15.0. The van der Waals surface area contributed by atoms with Gasteiger partial charge in [0.1, 0.15) is 6.04 Å². The van der Waals surface area contributed by atoms with E-state index >= 15 is 0 Å². The molecule has 0 spiro atoms. The van der Waals surface area contributed by atoms with Gasteiger partial charge in [0.2, 0.25) is 0 Å². The molecule has 1 aromatic carbocycles. The number of nitrogens with one attached hydrogen (secondary N) is 1. The van der Waals surface area contributed by atoms with E-state index in [1.165, 1.54) is 0 Å². The molecule has 20 heavy (non-hydrogen) atoms. The molecule has 5 nitrogen and oxygen atoms in total. The van der Waals surface area contributed by atoms with Crippen molar-refractivity contribution in [3.05, 3.63) is 35.4 Å². The summed E-state index contributed by atoms with van der Waals surface area (Å²) >= 11 is 0. The lowest BCUT2D eigenvalue weighted by Crippen LogP contribution is -2.39. The number of carbonyl (C=O) groups excluding carboxylic acids is 2. The number of rotatable bonds is 4. The fourth-order valence-corrected chi connectivity index (χ4v) is 1.46. The van der Waals surface area contributed by atoms with E-state index in [1.54, 1.807) is 38.1 Å². The number of benzene rings is 1. The van der Waals surface area contributed by atoms with Gasteiger partial charge in [-0.2, -0.15) is 0 Å². The van der Waals surface area contributed by atoms with Crippen LogP contribution in [-0.2, 0) is 9.53 Å². The van der Waals surface area contributed by atoms with Gasteiger partial charge in [0.25, 0.3) is 5.91 Å². The zero-order valence-corrected chi connectivity index (χ0v) is 11.6. The number of esters is 1. The van der Waals surface area contributed by atoms with E-state index in [4.69, 9.17) is 10.5 Å². The van der Waals surface area contributed by atoms with Gasteiger partial charge in [-0.15, -0.1) is 0 Å². The molecule has 1 unspecified atom stereocenters. The van der Waals surface area contributed by atoms with E-state index in [2.05, 4.69) is 17.2 Å². The first kappa shape index (κ1) is 15.7. The van der Waals surface area contributed by atoms with E-state index in [1.807, 2.05) is 0 Å². The third-order valence-electron chi connectivity index (χ3n) is 2.47. The summed E-state index contributed by atoms with van der Waals surface area (Å²) in [4.78, 5) is 23.3. The number of carbonyl (C=O) groups is 2. The molecule has 0 heterocycles. The van der Waals surface area contributed by atoms with Crippen LogP contribution in [0.2, 0.25) is 0 Å². The molecule has 106 valence electrons. The molecule has 0 radical (unpaired) electrons. The average Bonchev–Trinajstić information content (AvgIpc) is 2.45. The summed E-state index contributed by atoms with van der Waals surface area (Å²) in [6.07, 6.45) is 0. The summed E-state index contributed by atoms with van der Waals surface area (Å²) in [5.41, 5.74) is 6.52. The summed E-state index contributed by atoms with van der Waals surface area (Å²) in [5.74, 6) is 4.81. The van der Waals surface area contributed by atoms with Crippen molar-refractivity contribution in [2.45, 2.75) is 19.9 Å². The van der Waals surface area contributed by atoms with Crippen LogP contribution in [0.25, 0.3) is 0 Å². The Morgan fingerprint density at radius 2 is 2.00 bits per heavy atom. The molecule has 0 aromatic heterocycles. The second-order valence-corrected chi connectivity index (χ2v) is 4.03. The van der Waals surface area contributed by atoms with Crippen molar-refractivity contribution in [2.75, 3.05) is 13.2 Å². The average molecular weight is 274 g/mol. The largest absolute Gasteiger partial charge is 0.464 e. The minimum atomic E-state index is -0.681. The smallest absolute Gasteiger partial charge is 0.328 e. The van der Waals surface area contributed by atoms with Gasteiger partial charge in [-0.05, 0) is 38.1 Å². The monoisotopic (exact) mass is 274 g/mol. The van der Waals surface area contributed by atoms with Crippen LogP contribution >= 0.6 is 0 Å². The SMILES string of the molecule is CCOC(=O)C(C)NC(=O)c1ccc(C#CCN)cc1. The Morgan fingerprint density at radius 3 is 2.55 bits per heavy atom. The van der Waals surface area contributed by atoms with Crippen LogP contribution in [0.5, 0.6) is 0 Å². The normalized spacial score (nSPS) is 10.9. The van der Waals surface area contributed by atoms with Crippen LogP contribution in [0.3, 0.4) is 0 Å². The predicted molar refractivity (Wildman–Crippen MR) is 75.9 cm³/mol. The van der Waals surface area contributed by atoms with Crippen LogP contribution in [0.1, 0.15) is 29.8 Å². The molecule has 0 saturated heterocycles. The van der Waals surface area contributed by atoms with Crippen LogP contribution in [0.4, 0.5) is 0 Å². The maximum atomic E-state index is 11.9. The molecule has 3 N–H and O–H groups in total. The topological polar surface area (TPSA) is 81.4 Å². The summed E-state index contributed by atoms with van der Waals surface area (Å²) in [7, 11) is 0. The standard InChI is InChI=1S/C15H18N2O3/c1-3-20-15(19)11(2)17-14(18)13-8-6-12(7-9-13)5-4-10-16/h6-9,11H,3,10,16H2,1-2H3,(H,17,18). The molecule has 0 aliphatic rings. The van der Waals surface area contributed by atoms with Gasteiger partial charge in [0, 0.05) is 11.1 Å². The molecule has 0 saturated carbocycles. The van der Waals surface area contributed by atoms with Crippen LogP contribution < -0.4 is 11.1 Å². The first-order valence-corrected chi connectivity index (χ1v) is 6.35. The van der Waals surface area contributed by atoms with Gasteiger partial charge in [0.15, 0.2) is 0 Å². The predicted octanol–water partition coefficient (Wildman–Crippen LogP) is 0.678. The van der Waals surface area contributed by atoms with Gasteiger partial charge < -0.3 is 15.8 Å². The molecule has 1 aromatic rings. The minimum absolute atomic E-state index is 0.285. The van der Waals surface area contributed by atoms with Crippen LogP contribution in [-0.4, -0.2) is 31.1 Å². The van der Waals surface area contributed by atoms with Crippen LogP contribution in [0, 0.1) is 11.8 Å². The number of ether oxygens (including phenoxy) is 1. The Morgan fingerprint density at radius 1 is 1.35 bits per heavy atom. The number of hydrogen-bond acceptors (Lipinski definition) is 4. The highest BCUT2D eigenvalue weighted by Gasteiger charge is 2.17. The molecule has 0 aliphatic heterocycles. The molecular formula is C15H18N2O3. The minimum Gasteiger partial charge on any atom is -0.464 e. The van der Waals surface area contributed by atoms with Gasteiger partial charge in [-0.25, -0.2) is 4.79 Å². The second kappa shape index (κ2) is 7.97.